The van der Waals surface area contributed by atoms with Crippen LogP contribution in [0.1, 0.15) is 75.2 Å². The van der Waals surface area contributed by atoms with E-state index in [1.54, 1.807) is 32.5 Å². The number of imidazole rings is 1. The first-order valence-corrected chi connectivity index (χ1v) is 19.7. The summed E-state index contributed by atoms with van der Waals surface area (Å²) in [6.45, 7) is 17.4. The van der Waals surface area contributed by atoms with E-state index in [1.807, 2.05) is 60.0 Å². The number of hydrogen-bond acceptors (Lipinski definition) is 14. The van der Waals surface area contributed by atoms with Gasteiger partial charge in [0.15, 0.2) is 23.4 Å². The van der Waals surface area contributed by atoms with Gasteiger partial charge in [-0.25, -0.2) is 15.0 Å². The van der Waals surface area contributed by atoms with Gasteiger partial charge in [-0.1, -0.05) is 53.7 Å². The summed E-state index contributed by atoms with van der Waals surface area (Å²) in [6, 6.07) is 0. The van der Waals surface area contributed by atoms with Crippen LogP contribution in [-0.4, -0.2) is 102 Å². The number of hydrogen-bond donors (Lipinski definition) is 2. The number of thioether (sulfide) groups is 1. The number of aromatic nitrogens is 4. The number of fused-ring (bicyclic) bond motifs is 2. The summed E-state index contributed by atoms with van der Waals surface area (Å²) in [6.07, 6.45) is 3.30. The average Bonchev–Trinajstić information content (AvgIpc) is 3.66. The van der Waals surface area contributed by atoms with Crippen molar-refractivity contribution < 1.29 is 43.2 Å². The minimum absolute atomic E-state index is 0.0715. The zero-order valence-corrected chi connectivity index (χ0v) is 33.4. The van der Waals surface area contributed by atoms with Gasteiger partial charge in [0.25, 0.3) is 0 Å². The Morgan fingerprint density at radius 2 is 1.74 bits per heavy atom. The van der Waals surface area contributed by atoms with E-state index in [9.17, 15) is 19.5 Å². The highest BCUT2D eigenvalue weighted by molar-refractivity contribution is 8.00. The number of cyclic esters (lactones) is 1. The molecule has 2 fully saturated rings. The number of carbonyl (C=O) groups is 3. The highest BCUT2D eigenvalue weighted by atomic mass is 32.2. The minimum Gasteiger partial charge on any atom is -0.458 e. The third-order valence-corrected chi connectivity index (χ3v) is 13.3. The fourth-order valence-corrected chi connectivity index (χ4v) is 10.0. The standard InChI is InChI=1S/C38H57N5O9S/c1-11-26-38(9)27(30(35(47)52-38)53-15-14-43-18-42-28-32(39)40-17-41-33(28)43)24(7)29(45)19(2)16-37(8,48-10)31(22(5)21(4)23(6)34(46)50-26)51-36-25(44)13-12-20(3)49-36/h12-13,17-27,30-31,36,44H,11,14-16H2,1-10H3,(H2,39,40,41)/t19-,20-,21+,22+,23-,24-,25-,26-,27+,30+,31-,36+,37-,38-/m1/s1. The van der Waals surface area contributed by atoms with Crippen molar-refractivity contribution in [3.63, 3.8) is 0 Å². The number of nitrogens with zero attached hydrogens (tertiary/aromatic N) is 4. The Morgan fingerprint density at radius 3 is 2.42 bits per heavy atom. The molecule has 0 amide bonds. The summed E-state index contributed by atoms with van der Waals surface area (Å²) in [5, 5.41) is 10.1. The number of esters is 2. The Hall–Kier alpha value is -3.11. The van der Waals surface area contributed by atoms with E-state index in [4.69, 9.17) is 29.4 Å². The third kappa shape index (κ3) is 8.00. The number of rotatable bonds is 8. The number of aliphatic hydroxyl groups excluding tert-OH is 1. The van der Waals surface area contributed by atoms with E-state index in [-0.39, 0.29) is 36.0 Å². The molecule has 53 heavy (non-hydrogen) atoms. The van der Waals surface area contributed by atoms with Gasteiger partial charge in [0.1, 0.15) is 35.1 Å². The van der Waals surface area contributed by atoms with E-state index in [0.29, 0.717) is 29.9 Å². The predicted octanol–water partition coefficient (Wildman–Crippen LogP) is 4.37. The van der Waals surface area contributed by atoms with E-state index in [0.717, 1.165) is 0 Å². The maximum Gasteiger partial charge on any atom is 0.320 e. The zero-order valence-electron chi connectivity index (χ0n) is 32.6. The summed E-state index contributed by atoms with van der Waals surface area (Å²) in [7, 11) is 1.58. The monoisotopic (exact) mass is 759 g/mol. The summed E-state index contributed by atoms with van der Waals surface area (Å²) < 4.78 is 33.2. The Kier molecular flexibility index (Phi) is 12.6. The Bertz CT molecular complexity index is 1670. The van der Waals surface area contributed by atoms with Crippen LogP contribution in [-0.2, 0) is 44.6 Å². The normalized spacial score (nSPS) is 40.1. The molecular weight excluding hydrogens is 703 g/mol. The molecule has 0 aromatic carbocycles. The predicted molar refractivity (Wildman–Crippen MR) is 199 cm³/mol. The van der Waals surface area contributed by atoms with Crippen molar-refractivity contribution in [1.29, 1.82) is 0 Å². The van der Waals surface area contributed by atoms with Crippen molar-refractivity contribution >= 4 is 46.5 Å². The molecule has 2 aromatic heterocycles. The Morgan fingerprint density at radius 1 is 1.02 bits per heavy atom. The Labute approximate surface area is 316 Å². The van der Waals surface area contributed by atoms with Crippen molar-refractivity contribution in [3.8, 4) is 0 Å². The number of aliphatic hydroxyl groups is 1. The summed E-state index contributed by atoms with van der Waals surface area (Å²) in [5.41, 5.74) is 4.75. The highest BCUT2D eigenvalue weighted by Crippen LogP contribution is 2.49. The number of Topliss-reactive ketones (excluding diaryl/α,β-unsaturated/α-hetero) is 1. The molecule has 3 aliphatic rings. The average molecular weight is 760 g/mol. The molecule has 0 aliphatic carbocycles. The van der Waals surface area contributed by atoms with E-state index >= 15 is 0 Å². The van der Waals surface area contributed by atoms with Gasteiger partial charge in [-0.2, -0.15) is 0 Å². The van der Waals surface area contributed by atoms with Gasteiger partial charge in [0.05, 0.1) is 30.1 Å². The quantitative estimate of drug-likeness (QED) is 0.285. The zero-order chi connectivity index (χ0) is 39.0. The van der Waals surface area contributed by atoms with Crippen LogP contribution in [0.15, 0.2) is 24.8 Å². The molecule has 0 spiro atoms. The Balaban J connectivity index is 1.49. The van der Waals surface area contributed by atoms with Gasteiger partial charge >= 0.3 is 11.9 Å². The number of ether oxygens (including phenoxy) is 5. The minimum atomic E-state index is -1.27. The number of methoxy groups -OCH3 is 1. The van der Waals surface area contributed by atoms with Crippen molar-refractivity contribution in [2.45, 2.75) is 129 Å². The fraction of sp³-hybridized carbons (Fsp3) is 0.737. The maximum absolute atomic E-state index is 14.7. The van der Waals surface area contributed by atoms with Gasteiger partial charge in [-0.15, -0.1) is 11.8 Å². The van der Waals surface area contributed by atoms with Crippen LogP contribution in [0.25, 0.3) is 11.2 Å². The molecule has 2 saturated heterocycles. The molecule has 3 aliphatic heterocycles. The molecule has 5 heterocycles. The number of aryl methyl sites for hydroxylation is 1. The molecular formula is C38H57N5O9S. The van der Waals surface area contributed by atoms with Gasteiger partial charge in [-0.3, -0.25) is 14.4 Å². The first-order chi connectivity index (χ1) is 25.0. The van der Waals surface area contributed by atoms with Crippen LogP contribution in [0.5, 0.6) is 0 Å². The van der Waals surface area contributed by atoms with Crippen LogP contribution < -0.4 is 5.73 Å². The van der Waals surface area contributed by atoms with E-state index in [1.165, 1.54) is 18.1 Å². The lowest BCUT2D eigenvalue weighted by Gasteiger charge is -2.46. The van der Waals surface area contributed by atoms with Crippen LogP contribution in [0.3, 0.4) is 0 Å². The van der Waals surface area contributed by atoms with Gasteiger partial charge in [0.2, 0.25) is 0 Å². The van der Waals surface area contributed by atoms with Crippen molar-refractivity contribution in [1.82, 2.24) is 19.5 Å². The molecule has 14 nitrogen and oxygen atoms in total. The molecule has 0 unspecified atom stereocenters. The van der Waals surface area contributed by atoms with Crippen LogP contribution in [0.4, 0.5) is 5.82 Å². The fourth-order valence-electron chi connectivity index (χ4n) is 8.57. The van der Waals surface area contributed by atoms with Crippen molar-refractivity contribution in [3.05, 3.63) is 24.8 Å². The molecule has 14 atom stereocenters. The van der Waals surface area contributed by atoms with E-state index < -0.39 is 76.7 Å². The van der Waals surface area contributed by atoms with Gasteiger partial charge in [0, 0.05) is 37.2 Å². The molecule has 0 bridgehead atoms. The molecule has 5 rings (SSSR count). The van der Waals surface area contributed by atoms with Crippen LogP contribution in [0, 0.1) is 35.5 Å². The first-order valence-electron chi connectivity index (χ1n) is 18.7. The molecule has 294 valence electrons. The van der Waals surface area contributed by atoms with Crippen LogP contribution in [0.2, 0.25) is 0 Å². The van der Waals surface area contributed by atoms with Gasteiger partial charge < -0.3 is 39.1 Å². The van der Waals surface area contributed by atoms with Gasteiger partial charge in [-0.05, 0) is 45.4 Å². The number of carbonyl (C=O) groups excluding carboxylic acids is 3. The molecule has 3 N–H and O–H groups in total. The van der Waals surface area contributed by atoms with Crippen molar-refractivity contribution in [2.75, 3.05) is 18.6 Å². The summed E-state index contributed by atoms with van der Waals surface area (Å²) in [5.74, 6) is -3.22. The third-order valence-electron chi connectivity index (χ3n) is 12.1. The molecule has 15 heteroatoms. The molecule has 2 aromatic rings. The smallest absolute Gasteiger partial charge is 0.320 e. The second-order valence-corrected chi connectivity index (χ2v) is 16.8. The highest BCUT2D eigenvalue weighted by Gasteiger charge is 2.61. The van der Waals surface area contributed by atoms with Crippen molar-refractivity contribution in [2.24, 2.45) is 35.5 Å². The molecule has 0 saturated carbocycles. The number of ketones is 1. The second kappa shape index (κ2) is 16.3. The number of nitrogens with two attached hydrogens (primary N) is 1. The van der Waals surface area contributed by atoms with Crippen LogP contribution >= 0.6 is 11.8 Å². The SMILES string of the molecule is CC[C@H]1OC(=O)[C@H](C)[C@@H](C)[C@H](C)[C@@H](O[C@@H]2O[C@H](C)C=C[C@H]2O)[C@](C)(OC)C[C@@H](C)C(=O)[C@H](C)[C@H]2[C@H](SCCn3cnc4c(N)ncnc43)C(=O)O[C@@]21C. The maximum atomic E-state index is 14.7. The summed E-state index contributed by atoms with van der Waals surface area (Å²) in [4.78, 5) is 55.3. The van der Waals surface area contributed by atoms with E-state index in [2.05, 4.69) is 15.0 Å². The summed E-state index contributed by atoms with van der Waals surface area (Å²) >= 11 is 1.40. The lowest BCUT2D eigenvalue weighted by molar-refractivity contribution is -0.269. The lowest BCUT2D eigenvalue weighted by atomic mass is 9.69. The number of nitrogen functional groups attached to an aromatic ring is 1. The lowest BCUT2D eigenvalue weighted by Crippen LogP contribution is -2.56. The molecule has 0 radical (unpaired) electrons. The second-order valence-electron chi connectivity index (χ2n) is 15.6. The number of anilines is 1. The largest absolute Gasteiger partial charge is 0.458 e. The first kappa shape index (κ1) is 41.1. The topological polar surface area (TPSA) is 187 Å².